The topological polar surface area (TPSA) is 87.1 Å². The van der Waals surface area contributed by atoms with Crippen LogP contribution in [0.25, 0.3) is 0 Å². The molecule has 1 aliphatic heterocycles. The van der Waals surface area contributed by atoms with Crippen LogP contribution in [0.3, 0.4) is 0 Å². The Kier molecular flexibility index (Phi) is 16.9. The van der Waals surface area contributed by atoms with Crippen molar-refractivity contribution in [1.29, 1.82) is 0 Å². The normalized spacial score (nSPS) is 18.1. The van der Waals surface area contributed by atoms with E-state index in [1.165, 1.54) is 6.07 Å². The van der Waals surface area contributed by atoms with Gasteiger partial charge in [-0.2, -0.15) is 0 Å². The molecule has 0 aromatic heterocycles. The Balaban J connectivity index is 0.00000291. The molecule has 1 heterocycles. The fourth-order valence-corrected chi connectivity index (χ4v) is 4.10. The van der Waals surface area contributed by atoms with Gasteiger partial charge in [0.2, 0.25) is 0 Å². The second-order valence-electron chi connectivity index (χ2n) is 8.30. The number of ether oxygens (including phenoxy) is 1. The largest absolute Gasteiger partial charge is 0.478 e. The van der Waals surface area contributed by atoms with E-state index in [-0.39, 0.29) is 23.6 Å². The van der Waals surface area contributed by atoms with Crippen LogP contribution in [0.15, 0.2) is 53.3 Å². The minimum Gasteiger partial charge on any atom is -0.478 e. The molecule has 1 aromatic carbocycles. The highest BCUT2D eigenvalue weighted by molar-refractivity contribution is 6.30. The Labute approximate surface area is 219 Å². The molecule has 0 saturated heterocycles. The number of carbonyl (C=O) groups is 2. The maximum absolute atomic E-state index is 14.2. The smallest absolute Gasteiger partial charge is 0.331 e. The molecule has 1 unspecified atom stereocenters. The third kappa shape index (κ3) is 10.4. The van der Waals surface area contributed by atoms with Gasteiger partial charge in [0.25, 0.3) is 0 Å². The zero-order chi connectivity index (χ0) is 27.7. The minimum atomic E-state index is -0.953. The van der Waals surface area contributed by atoms with Crippen molar-refractivity contribution in [2.45, 2.75) is 45.6 Å². The van der Waals surface area contributed by atoms with Crippen molar-refractivity contribution in [3.63, 3.8) is 0 Å². The molecule has 2 rings (SSSR count). The molecule has 8 heteroatoms. The molecule has 6 nitrogen and oxygen atoms in total. The molecule has 0 spiro atoms. The molecular weight excluding hydrogens is 485 g/mol. The number of halogens is 2. The fraction of sp³-hybridized carbons (Fsp3) is 0.429. The summed E-state index contributed by atoms with van der Waals surface area (Å²) in [7, 11) is 1.62. The van der Waals surface area contributed by atoms with Crippen LogP contribution in [0, 0.1) is 24.6 Å². The van der Waals surface area contributed by atoms with Crippen molar-refractivity contribution in [3.05, 3.63) is 69.7 Å². The number of carbonyl (C=O) groups excluding carboxylic acids is 1. The molecule has 0 fully saturated rings. The second kappa shape index (κ2) is 18.4. The molecule has 0 radical (unpaired) electrons. The van der Waals surface area contributed by atoms with Crippen molar-refractivity contribution in [3.8, 4) is 12.8 Å². The molecule has 0 saturated carbocycles. The van der Waals surface area contributed by atoms with E-state index in [4.69, 9.17) is 21.1 Å². The van der Waals surface area contributed by atoms with Gasteiger partial charge < -0.3 is 24.6 Å². The van der Waals surface area contributed by atoms with Crippen LogP contribution in [-0.2, 0) is 20.7 Å². The number of aryl methyl sites for hydroxylation is 1. The Morgan fingerprint density at radius 1 is 1.28 bits per heavy atom. The first kappa shape index (κ1) is 33.1. The monoisotopic (exact) mass is 521 g/mol. The molecule has 0 amide bonds. The predicted octanol–water partition coefficient (Wildman–Crippen LogP) is 5.06. The van der Waals surface area contributed by atoms with Gasteiger partial charge in [-0.05, 0) is 36.5 Å². The number of nitrogens with zero attached hydrogens (tertiary/aromatic N) is 1. The van der Waals surface area contributed by atoms with E-state index in [2.05, 4.69) is 17.7 Å². The van der Waals surface area contributed by atoms with Crippen molar-refractivity contribution >= 4 is 24.4 Å². The van der Waals surface area contributed by atoms with Gasteiger partial charge in [-0.3, -0.25) is 0 Å². The number of terminal acetylenes is 1. The summed E-state index contributed by atoms with van der Waals surface area (Å²) in [6.07, 6.45) is 15.6. The third-order valence-corrected chi connectivity index (χ3v) is 6.02. The highest BCUT2D eigenvalue weighted by Crippen LogP contribution is 2.29. The molecule has 1 aliphatic rings. The summed E-state index contributed by atoms with van der Waals surface area (Å²) in [5, 5.41) is 19.8. The zero-order valence-electron chi connectivity index (χ0n) is 21.3. The van der Waals surface area contributed by atoms with E-state index in [0.29, 0.717) is 50.0 Å². The standard InChI is InChI=1S/C25H33ClFNO4.C2H2.CH2O/c1-17(2)23(16-29)28-12-10-20(25(30)31)14-18(15-21(28)11-13-32-3)6-4-7-19-8-5-9-22(26)24(19)27;2*1-2/h5-6,8-11,17,23,29H,4,7,12-16H2,1-3H3,(H,30,31);1-2H;1H2/b18-6-,20-10+,21-11+;;. The van der Waals surface area contributed by atoms with Crippen LogP contribution in [0.4, 0.5) is 4.39 Å². The van der Waals surface area contributed by atoms with Crippen LogP contribution in [-0.4, -0.2) is 60.8 Å². The molecule has 198 valence electrons. The molecular formula is C28H37ClFNO5. The lowest BCUT2D eigenvalue weighted by Gasteiger charge is -2.38. The van der Waals surface area contributed by atoms with Crippen LogP contribution >= 0.6 is 11.6 Å². The number of rotatable bonds is 9. The number of methoxy groups -OCH3 is 1. The lowest BCUT2D eigenvalue weighted by molar-refractivity contribution is -0.132. The van der Waals surface area contributed by atoms with Gasteiger partial charge in [0.15, 0.2) is 0 Å². The number of benzene rings is 1. The van der Waals surface area contributed by atoms with Crippen molar-refractivity contribution < 1.29 is 28.9 Å². The first-order chi connectivity index (χ1) is 17.3. The zero-order valence-corrected chi connectivity index (χ0v) is 22.0. The third-order valence-electron chi connectivity index (χ3n) is 5.72. The highest BCUT2D eigenvalue weighted by Gasteiger charge is 2.26. The summed E-state index contributed by atoms with van der Waals surface area (Å²) in [6, 6.07) is 4.80. The first-order valence-corrected chi connectivity index (χ1v) is 11.9. The van der Waals surface area contributed by atoms with Gasteiger partial charge in [0.1, 0.15) is 12.6 Å². The van der Waals surface area contributed by atoms with Crippen LogP contribution in [0.1, 0.15) is 38.7 Å². The lowest BCUT2D eigenvalue weighted by atomic mass is 9.93. The van der Waals surface area contributed by atoms with E-state index in [1.54, 1.807) is 25.3 Å². The highest BCUT2D eigenvalue weighted by atomic mass is 35.5. The number of aliphatic hydroxyl groups is 1. The molecule has 1 atom stereocenters. The van der Waals surface area contributed by atoms with E-state index in [1.807, 2.05) is 32.8 Å². The molecule has 1 aromatic rings. The number of carboxylic acids is 1. The van der Waals surface area contributed by atoms with Gasteiger partial charge in [-0.25, -0.2) is 9.18 Å². The van der Waals surface area contributed by atoms with E-state index in [0.717, 1.165) is 11.3 Å². The number of carboxylic acid groups (broad SMARTS) is 1. The van der Waals surface area contributed by atoms with E-state index < -0.39 is 11.8 Å². The maximum Gasteiger partial charge on any atom is 0.331 e. The van der Waals surface area contributed by atoms with Crippen LogP contribution in [0.2, 0.25) is 5.02 Å². The van der Waals surface area contributed by atoms with Crippen molar-refractivity contribution in [2.24, 2.45) is 5.92 Å². The Morgan fingerprint density at radius 3 is 2.50 bits per heavy atom. The van der Waals surface area contributed by atoms with Gasteiger partial charge in [-0.15, -0.1) is 12.8 Å². The first-order valence-electron chi connectivity index (χ1n) is 11.5. The van der Waals surface area contributed by atoms with Gasteiger partial charge in [0.05, 0.1) is 24.3 Å². The summed E-state index contributed by atoms with van der Waals surface area (Å²) in [4.78, 5) is 21.9. The van der Waals surface area contributed by atoms with Crippen LogP contribution < -0.4 is 0 Å². The molecule has 36 heavy (non-hydrogen) atoms. The Bertz CT molecular complexity index is 939. The summed E-state index contributed by atoms with van der Waals surface area (Å²) in [5.74, 6) is -1.19. The SMILES string of the molecule is C#C.C=O.COC/C=C1\C/C(=C\CCc2cccc(Cl)c2F)C/C(C(=O)O)=C\CN1C(CO)C(C)C. The van der Waals surface area contributed by atoms with Crippen molar-refractivity contribution in [2.75, 3.05) is 26.9 Å². The van der Waals surface area contributed by atoms with E-state index >= 15 is 0 Å². The quantitative estimate of drug-likeness (QED) is 0.349. The molecule has 0 bridgehead atoms. The number of aliphatic carboxylic acids is 1. The number of hydrogen-bond donors (Lipinski definition) is 2. The second-order valence-corrected chi connectivity index (χ2v) is 8.71. The molecule has 0 aliphatic carbocycles. The average Bonchev–Trinajstić information content (AvgIpc) is 2.86. The van der Waals surface area contributed by atoms with Gasteiger partial charge in [-0.1, -0.05) is 55.3 Å². The maximum atomic E-state index is 14.2. The Hall–Kier alpha value is -2.92. The Morgan fingerprint density at radius 2 is 1.94 bits per heavy atom. The lowest BCUT2D eigenvalue weighted by Crippen LogP contribution is -2.42. The molecule has 2 N–H and O–H groups in total. The van der Waals surface area contributed by atoms with Gasteiger partial charge in [0, 0.05) is 37.8 Å². The number of allylic oxidation sites excluding steroid dienone is 2. The minimum absolute atomic E-state index is 0.0364. The summed E-state index contributed by atoms with van der Waals surface area (Å²) < 4.78 is 19.5. The van der Waals surface area contributed by atoms with Crippen LogP contribution in [0.5, 0.6) is 0 Å². The summed E-state index contributed by atoms with van der Waals surface area (Å²) in [5.41, 5.74) is 2.78. The number of hydrogen-bond acceptors (Lipinski definition) is 5. The van der Waals surface area contributed by atoms with Gasteiger partial charge >= 0.3 is 5.97 Å². The van der Waals surface area contributed by atoms with Crippen molar-refractivity contribution in [1.82, 2.24) is 4.90 Å². The fourth-order valence-electron chi connectivity index (χ4n) is 3.91. The predicted molar refractivity (Wildman–Crippen MR) is 142 cm³/mol. The summed E-state index contributed by atoms with van der Waals surface area (Å²) in [6.45, 7) is 6.85. The van der Waals surface area contributed by atoms with E-state index in [9.17, 15) is 19.4 Å². The average molecular weight is 522 g/mol. The summed E-state index contributed by atoms with van der Waals surface area (Å²) >= 11 is 5.88. The number of aliphatic hydroxyl groups excluding tert-OH is 1.